The molecule has 0 atom stereocenters. The Balaban J connectivity index is 2.90. The van der Waals surface area contributed by atoms with Gasteiger partial charge in [-0.3, -0.25) is 4.79 Å². The van der Waals surface area contributed by atoms with E-state index in [2.05, 4.69) is 14.3 Å². The molecule has 2 aromatic rings. The minimum Gasteiger partial charge on any atom is -0.310 e. The molecule has 5 heteroatoms. The lowest BCUT2D eigenvalue weighted by Gasteiger charge is -1.92. The molecule has 0 bridgehead atoms. The van der Waals surface area contributed by atoms with Crippen molar-refractivity contribution in [3.8, 4) is 0 Å². The number of nitrogens with one attached hydrogen (secondary N) is 1. The Bertz CT molecular complexity index is 500. The molecule has 1 N–H and O–H groups in total. The summed E-state index contributed by atoms with van der Waals surface area (Å²) in [5.41, 5.74) is 0.496. The van der Waals surface area contributed by atoms with Gasteiger partial charge in [-0.05, 0) is 24.9 Å². The summed E-state index contributed by atoms with van der Waals surface area (Å²) >= 11 is 1.35. The van der Waals surface area contributed by atoms with E-state index in [-0.39, 0.29) is 5.56 Å². The third kappa shape index (κ3) is 1.25. The highest BCUT2D eigenvalue weighted by Crippen LogP contribution is 2.17. The molecular formula is C8H9N3OS. The second-order valence-electron chi connectivity index (χ2n) is 2.81. The van der Waals surface area contributed by atoms with E-state index >= 15 is 0 Å². The maximum Gasteiger partial charge on any atom is 0.261 e. The first-order valence-corrected chi connectivity index (χ1v) is 4.85. The number of hydrogen-bond acceptors (Lipinski definition) is 4. The molecule has 0 fully saturated rings. The minimum atomic E-state index is -0.0758. The molecule has 2 aromatic heterocycles. The van der Waals surface area contributed by atoms with Gasteiger partial charge in [-0.25, -0.2) is 4.98 Å². The fraction of sp³-hybridized carbons (Fsp3) is 0.375. The fourth-order valence-electron chi connectivity index (χ4n) is 1.27. The van der Waals surface area contributed by atoms with E-state index in [0.29, 0.717) is 16.9 Å². The Kier molecular flexibility index (Phi) is 1.88. The van der Waals surface area contributed by atoms with Gasteiger partial charge < -0.3 is 4.98 Å². The number of hydrogen-bond donors (Lipinski definition) is 1. The van der Waals surface area contributed by atoms with Crippen LogP contribution in [-0.4, -0.2) is 14.3 Å². The van der Waals surface area contributed by atoms with Gasteiger partial charge in [0.05, 0.1) is 0 Å². The number of aromatic nitrogens is 3. The Morgan fingerprint density at radius 1 is 1.54 bits per heavy atom. The number of H-pyrrole nitrogens is 1. The zero-order valence-electron chi connectivity index (χ0n) is 7.42. The average molecular weight is 195 g/mol. The standard InChI is InChI=1S/C8H9N3OS/c1-3-5-6-7(11-13-5)9-4(2)10-8(6)12/h3H2,1-2H3,(H,9,10,11,12). The predicted octanol–water partition coefficient (Wildman–Crippen LogP) is 1.25. The van der Waals surface area contributed by atoms with Gasteiger partial charge in [0.2, 0.25) is 0 Å². The summed E-state index contributed by atoms with van der Waals surface area (Å²) in [6, 6.07) is 0. The Morgan fingerprint density at radius 3 is 3.00 bits per heavy atom. The molecule has 68 valence electrons. The first-order valence-electron chi connectivity index (χ1n) is 4.07. The van der Waals surface area contributed by atoms with Crippen LogP contribution in [-0.2, 0) is 6.42 Å². The highest BCUT2D eigenvalue weighted by Gasteiger charge is 2.09. The normalized spacial score (nSPS) is 10.9. The molecule has 0 saturated carbocycles. The molecule has 0 saturated heterocycles. The second kappa shape index (κ2) is 2.92. The van der Waals surface area contributed by atoms with Crippen LogP contribution in [0.3, 0.4) is 0 Å². The summed E-state index contributed by atoms with van der Waals surface area (Å²) in [5, 5.41) is 0.651. The molecule has 0 unspecified atom stereocenters. The van der Waals surface area contributed by atoms with Gasteiger partial charge in [-0.2, -0.15) is 4.37 Å². The highest BCUT2D eigenvalue weighted by molar-refractivity contribution is 7.07. The quantitative estimate of drug-likeness (QED) is 0.745. The average Bonchev–Trinajstić information content (AvgIpc) is 2.47. The summed E-state index contributed by atoms with van der Waals surface area (Å²) in [6.07, 6.45) is 0.828. The van der Waals surface area contributed by atoms with Crippen LogP contribution in [0.1, 0.15) is 17.6 Å². The van der Waals surface area contributed by atoms with Crippen molar-refractivity contribution in [3.05, 3.63) is 21.1 Å². The van der Waals surface area contributed by atoms with Gasteiger partial charge in [0.15, 0.2) is 5.65 Å². The monoisotopic (exact) mass is 195 g/mol. The summed E-state index contributed by atoms with van der Waals surface area (Å²) in [6.45, 7) is 3.76. The molecule has 0 aliphatic rings. The Labute approximate surface area is 78.8 Å². The van der Waals surface area contributed by atoms with Gasteiger partial charge in [-0.15, -0.1) is 0 Å². The zero-order chi connectivity index (χ0) is 9.42. The lowest BCUT2D eigenvalue weighted by Crippen LogP contribution is -2.09. The van der Waals surface area contributed by atoms with Crippen molar-refractivity contribution in [2.45, 2.75) is 20.3 Å². The second-order valence-corrected chi connectivity index (χ2v) is 3.67. The molecule has 0 radical (unpaired) electrons. The maximum atomic E-state index is 11.5. The van der Waals surface area contributed by atoms with Crippen LogP contribution >= 0.6 is 11.5 Å². The minimum absolute atomic E-state index is 0.0758. The molecule has 0 aliphatic carbocycles. The Hall–Kier alpha value is -1.23. The van der Waals surface area contributed by atoms with E-state index in [0.717, 1.165) is 11.3 Å². The van der Waals surface area contributed by atoms with Crippen LogP contribution in [0.4, 0.5) is 0 Å². The van der Waals surface area contributed by atoms with E-state index < -0.39 is 0 Å². The van der Waals surface area contributed by atoms with Crippen LogP contribution in [0, 0.1) is 6.92 Å². The van der Waals surface area contributed by atoms with E-state index in [9.17, 15) is 4.79 Å². The summed E-state index contributed by atoms with van der Waals surface area (Å²) in [7, 11) is 0. The van der Waals surface area contributed by atoms with Gasteiger partial charge >= 0.3 is 0 Å². The summed E-state index contributed by atoms with van der Waals surface area (Å²) < 4.78 is 4.12. The number of nitrogens with zero attached hydrogens (tertiary/aromatic N) is 2. The SMILES string of the molecule is CCc1snc2nc(C)[nH]c(=O)c12. The largest absolute Gasteiger partial charge is 0.310 e. The topological polar surface area (TPSA) is 58.6 Å². The van der Waals surface area contributed by atoms with Crippen molar-refractivity contribution >= 4 is 22.6 Å². The van der Waals surface area contributed by atoms with E-state index in [1.165, 1.54) is 11.5 Å². The van der Waals surface area contributed by atoms with Crippen LogP contribution in [0.15, 0.2) is 4.79 Å². The number of aromatic amines is 1. The molecule has 2 rings (SSSR count). The van der Waals surface area contributed by atoms with Crippen molar-refractivity contribution in [2.75, 3.05) is 0 Å². The van der Waals surface area contributed by atoms with Crippen LogP contribution in [0.2, 0.25) is 0 Å². The lowest BCUT2D eigenvalue weighted by atomic mass is 10.3. The van der Waals surface area contributed by atoms with Gasteiger partial charge in [0.1, 0.15) is 11.2 Å². The molecule has 0 aliphatic heterocycles. The van der Waals surface area contributed by atoms with Gasteiger partial charge in [0, 0.05) is 4.88 Å². The molecule has 4 nitrogen and oxygen atoms in total. The molecule has 13 heavy (non-hydrogen) atoms. The third-order valence-electron chi connectivity index (χ3n) is 1.86. The number of rotatable bonds is 1. The molecule has 0 amide bonds. The van der Waals surface area contributed by atoms with Gasteiger partial charge in [-0.1, -0.05) is 6.92 Å². The third-order valence-corrected chi connectivity index (χ3v) is 2.84. The first-order chi connectivity index (χ1) is 6.22. The van der Waals surface area contributed by atoms with Crippen molar-refractivity contribution in [3.63, 3.8) is 0 Å². The highest BCUT2D eigenvalue weighted by atomic mass is 32.1. The van der Waals surface area contributed by atoms with E-state index in [1.807, 2.05) is 6.92 Å². The first kappa shape index (κ1) is 8.37. The molecular weight excluding hydrogens is 186 g/mol. The summed E-state index contributed by atoms with van der Waals surface area (Å²) in [4.78, 5) is 19.3. The predicted molar refractivity (Wildman–Crippen MR) is 52.2 cm³/mol. The number of fused-ring (bicyclic) bond motifs is 1. The van der Waals surface area contributed by atoms with E-state index in [1.54, 1.807) is 6.92 Å². The van der Waals surface area contributed by atoms with Crippen molar-refractivity contribution in [1.82, 2.24) is 14.3 Å². The molecule has 0 spiro atoms. The molecule has 0 aromatic carbocycles. The number of aryl methyl sites for hydroxylation is 2. The van der Waals surface area contributed by atoms with E-state index in [4.69, 9.17) is 0 Å². The van der Waals surface area contributed by atoms with Gasteiger partial charge in [0.25, 0.3) is 5.56 Å². The van der Waals surface area contributed by atoms with Crippen molar-refractivity contribution in [1.29, 1.82) is 0 Å². The lowest BCUT2D eigenvalue weighted by molar-refractivity contribution is 1.05. The Morgan fingerprint density at radius 2 is 2.31 bits per heavy atom. The van der Waals surface area contributed by atoms with Crippen molar-refractivity contribution < 1.29 is 0 Å². The summed E-state index contributed by atoms with van der Waals surface area (Å²) in [5.74, 6) is 0.616. The zero-order valence-corrected chi connectivity index (χ0v) is 8.23. The molecule has 2 heterocycles. The van der Waals surface area contributed by atoms with Crippen LogP contribution in [0.5, 0.6) is 0 Å². The fourth-order valence-corrected chi connectivity index (χ4v) is 2.01. The van der Waals surface area contributed by atoms with Crippen LogP contribution in [0.25, 0.3) is 11.0 Å². The van der Waals surface area contributed by atoms with Crippen molar-refractivity contribution in [2.24, 2.45) is 0 Å². The smallest absolute Gasteiger partial charge is 0.261 e. The van der Waals surface area contributed by atoms with Crippen LogP contribution < -0.4 is 5.56 Å². The maximum absolute atomic E-state index is 11.5.